The predicted molar refractivity (Wildman–Crippen MR) is 101 cm³/mol. The van der Waals surface area contributed by atoms with Crippen LogP contribution in [0.2, 0.25) is 0 Å². The predicted octanol–water partition coefficient (Wildman–Crippen LogP) is 3.15. The van der Waals surface area contributed by atoms with E-state index in [9.17, 15) is 14.7 Å². The molecule has 0 aromatic heterocycles. The molecular weight excluding hydrogens is 332 g/mol. The fourth-order valence-electron chi connectivity index (χ4n) is 2.21. The number of hydrogen-bond acceptors (Lipinski definition) is 5. The molecule has 0 saturated carbocycles. The summed E-state index contributed by atoms with van der Waals surface area (Å²) in [6, 6.07) is 0. The molecule has 0 heterocycles. The third kappa shape index (κ3) is 12.2. The number of esters is 2. The van der Waals surface area contributed by atoms with Gasteiger partial charge in [-0.15, -0.1) is 6.58 Å². The van der Waals surface area contributed by atoms with Crippen LogP contribution in [0.15, 0.2) is 12.7 Å². The maximum absolute atomic E-state index is 11.4. The van der Waals surface area contributed by atoms with E-state index >= 15 is 0 Å². The lowest BCUT2D eigenvalue weighted by Crippen LogP contribution is -2.42. The summed E-state index contributed by atoms with van der Waals surface area (Å²) in [6.07, 6.45) is 4.38. The summed E-state index contributed by atoms with van der Waals surface area (Å²) in [5.41, 5.74) is 0. The lowest BCUT2D eigenvalue weighted by atomic mass is 10.0. The van der Waals surface area contributed by atoms with Crippen LogP contribution < -0.4 is 0 Å². The number of carbonyl (C=O) groups is 2. The highest BCUT2D eigenvalue weighted by Crippen LogP contribution is 2.16. The van der Waals surface area contributed by atoms with Gasteiger partial charge in [-0.3, -0.25) is 9.59 Å². The lowest BCUT2D eigenvalue weighted by molar-refractivity contribution is -0.169. The Hall–Kier alpha value is -2.24. The molecule has 0 saturated heterocycles. The Morgan fingerprint density at radius 3 is 2.38 bits per heavy atom. The van der Waals surface area contributed by atoms with Gasteiger partial charge < -0.3 is 14.6 Å². The molecule has 0 fully saturated rings. The molecule has 5 heteroatoms. The summed E-state index contributed by atoms with van der Waals surface area (Å²) in [5, 5.41) is 10.4. The highest BCUT2D eigenvalue weighted by atomic mass is 16.6. The molecule has 5 nitrogen and oxygen atoms in total. The van der Waals surface area contributed by atoms with Gasteiger partial charge in [0, 0.05) is 20.3 Å². The molecule has 0 aliphatic heterocycles. The minimum Gasteiger partial charge on any atom is -0.455 e. The quantitative estimate of drug-likeness (QED) is 0.265. The van der Waals surface area contributed by atoms with Crippen LogP contribution >= 0.6 is 0 Å². The first kappa shape index (κ1) is 23.8. The van der Waals surface area contributed by atoms with Gasteiger partial charge in [-0.05, 0) is 43.4 Å². The van der Waals surface area contributed by atoms with E-state index in [0.717, 1.165) is 32.1 Å². The molecule has 0 radical (unpaired) electrons. The molecule has 144 valence electrons. The first-order valence-corrected chi connectivity index (χ1v) is 9.04. The normalized spacial score (nSPS) is 13.1. The van der Waals surface area contributed by atoms with Crippen LogP contribution in [-0.4, -0.2) is 35.4 Å². The van der Waals surface area contributed by atoms with E-state index in [2.05, 4.69) is 30.3 Å². The minimum atomic E-state index is -1.06. The maximum Gasteiger partial charge on any atom is 0.304 e. The van der Waals surface area contributed by atoms with E-state index in [4.69, 9.17) is 9.47 Å². The Kier molecular flexibility index (Phi) is 13.8. The number of ether oxygens (including phenoxy) is 2. The van der Waals surface area contributed by atoms with Gasteiger partial charge >= 0.3 is 11.9 Å². The molecule has 26 heavy (non-hydrogen) atoms. The smallest absolute Gasteiger partial charge is 0.304 e. The second-order valence-electron chi connectivity index (χ2n) is 5.92. The average molecular weight is 362 g/mol. The first-order chi connectivity index (χ1) is 12.4. The minimum absolute atomic E-state index is 0.413. The molecule has 0 unspecified atom stereocenters. The number of rotatable bonds is 11. The summed E-state index contributed by atoms with van der Waals surface area (Å²) in [7, 11) is 0. The first-order valence-electron chi connectivity index (χ1n) is 9.04. The number of hydrogen-bond donors (Lipinski definition) is 1. The van der Waals surface area contributed by atoms with Gasteiger partial charge in [0.1, 0.15) is 0 Å². The fraction of sp³-hybridized carbons (Fsp3) is 0.619. The number of aliphatic hydroxyl groups excluding tert-OH is 1. The molecule has 0 aromatic rings. The molecule has 1 N–H and O–H groups in total. The molecule has 0 aliphatic carbocycles. The van der Waals surface area contributed by atoms with Crippen molar-refractivity contribution in [2.24, 2.45) is 0 Å². The highest BCUT2D eigenvalue weighted by molar-refractivity contribution is 5.67. The maximum atomic E-state index is 11.4. The van der Waals surface area contributed by atoms with Crippen molar-refractivity contribution in [3.05, 3.63) is 12.7 Å². The Balaban J connectivity index is 5.10. The Labute approximate surface area is 157 Å². The summed E-state index contributed by atoms with van der Waals surface area (Å²) in [6.45, 7) is 8.16. The van der Waals surface area contributed by atoms with Gasteiger partial charge in [0.15, 0.2) is 6.10 Å². The van der Waals surface area contributed by atoms with Crippen LogP contribution in [-0.2, 0) is 19.1 Å². The monoisotopic (exact) mass is 362 g/mol. The number of unbranched alkanes of at least 4 members (excludes halogenated alkanes) is 4. The van der Waals surface area contributed by atoms with Crippen LogP contribution in [0, 0.1) is 23.7 Å². The molecule has 0 spiro atoms. The SMILES string of the molecule is C=CCCCCC[C@@H](O)[C@@H](OC(C)=O)[C@H](C#CC#CCCC)OC(C)=O. The van der Waals surface area contributed by atoms with Gasteiger partial charge in [0.05, 0.1) is 6.10 Å². The average Bonchev–Trinajstić information content (AvgIpc) is 2.57. The van der Waals surface area contributed by atoms with E-state index in [1.165, 1.54) is 13.8 Å². The van der Waals surface area contributed by atoms with E-state index < -0.39 is 30.3 Å². The molecule has 0 bridgehead atoms. The van der Waals surface area contributed by atoms with Crippen LogP contribution in [0.5, 0.6) is 0 Å². The molecule has 0 amide bonds. The molecule has 0 rings (SSSR count). The topological polar surface area (TPSA) is 72.8 Å². The van der Waals surface area contributed by atoms with Crippen LogP contribution in [0.25, 0.3) is 0 Å². The zero-order chi connectivity index (χ0) is 19.8. The van der Waals surface area contributed by atoms with E-state index in [-0.39, 0.29) is 0 Å². The molecule has 0 aliphatic rings. The summed E-state index contributed by atoms with van der Waals surface area (Å²) in [4.78, 5) is 22.8. The third-order valence-corrected chi connectivity index (χ3v) is 3.42. The largest absolute Gasteiger partial charge is 0.455 e. The Morgan fingerprint density at radius 2 is 1.81 bits per heavy atom. The zero-order valence-electron chi connectivity index (χ0n) is 16.0. The van der Waals surface area contributed by atoms with Crippen molar-refractivity contribution < 1.29 is 24.2 Å². The van der Waals surface area contributed by atoms with Crippen LogP contribution in [0.4, 0.5) is 0 Å². The number of carbonyl (C=O) groups excluding carboxylic acids is 2. The highest BCUT2D eigenvalue weighted by Gasteiger charge is 2.32. The molecule has 0 aromatic carbocycles. The lowest BCUT2D eigenvalue weighted by Gasteiger charge is -2.26. The van der Waals surface area contributed by atoms with Gasteiger partial charge in [-0.25, -0.2) is 0 Å². The van der Waals surface area contributed by atoms with Crippen molar-refractivity contribution in [2.75, 3.05) is 0 Å². The number of aliphatic hydroxyl groups is 1. The zero-order valence-corrected chi connectivity index (χ0v) is 16.0. The summed E-state index contributed by atoms with van der Waals surface area (Å²) in [5.74, 6) is 9.70. The van der Waals surface area contributed by atoms with Crippen molar-refractivity contribution >= 4 is 11.9 Å². The standard InChI is InChI=1S/C21H30O5/c1-5-7-9-11-13-15-19(24)21(26-18(4)23)20(25-17(3)22)16-14-12-10-8-6-2/h5,19-21,24H,1,6-9,11,13,15H2,2-4H3/t19-,20+,21-/m1/s1. The van der Waals surface area contributed by atoms with E-state index in [1.54, 1.807) is 0 Å². The Morgan fingerprint density at radius 1 is 1.12 bits per heavy atom. The van der Waals surface area contributed by atoms with Crippen molar-refractivity contribution in [3.8, 4) is 23.7 Å². The van der Waals surface area contributed by atoms with Crippen molar-refractivity contribution in [1.29, 1.82) is 0 Å². The second kappa shape index (κ2) is 15.0. The van der Waals surface area contributed by atoms with Gasteiger partial charge in [0.25, 0.3) is 0 Å². The van der Waals surface area contributed by atoms with Gasteiger partial charge in [0.2, 0.25) is 6.10 Å². The van der Waals surface area contributed by atoms with Crippen molar-refractivity contribution in [2.45, 2.75) is 84.0 Å². The molecule has 3 atom stereocenters. The second-order valence-corrected chi connectivity index (χ2v) is 5.92. The number of allylic oxidation sites excluding steroid dienone is 1. The van der Waals surface area contributed by atoms with E-state index in [1.807, 2.05) is 13.0 Å². The summed E-state index contributed by atoms with van der Waals surface area (Å²) >= 11 is 0. The molecular formula is C21H30O5. The van der Waals surface area contributed by atoms with E-state index in [0.29, 0.717) is 12.8 Å². The third-order valence-electron chi connectivity index (χ3n) is 3.42. The fourth-order valence-corrected chi connectivity index (χ4v) is 2.21. The van der Waals surface area contributed by atoms with Crippen LogP contribution in [0.3, 0.4) is 0 Å². The summed E-state index contributed by atoms with van der Waals surface area (Å²) < 4.78 is 10.4. The van der Waals surface area contributed by atoms with Crippen molar-refractivity contribution in [1.82, 2.24) is 0 Å². The Bertz CT molecular complexity index is 558. The van der Waals surface area contributed by atoms with Crippen molar-refractivity contribution in [3.63, 3.8) is 0 Å². The van der Waals surface area contributed by atoms with Gasteiger partial charge in [-0.2, -0.15) is 0 Å². The van der Waals surface area contributed by atoms with Crippen LogP contribution in [0.1, 0.15) is 65.7 Å². The van der Waals surface area contributed by atoms with Gasteiger partial charge in [-0.1, -0.05) is 31.8 Å².